The molecule has 0 unspecified atom stereocenters. The van der Waals surface area contributed by atoms with Gasteiger partial charge in [0.1, 0.15) is 0 Å². The lowest BCUT2D eigenvalue weighted by molar-refractivity contribution is -0.113. The average Bonchev–Trinajstić information content (AvgIpc) is 3.06. The largest absolute Gasteiger partial charge is 0.394 e. The van der Waals surface area contributed by atoms with E-state index in [1.807, 2.05) is 17.1 Å². The standard InChI is InChI=1S/C21H29N3O2/c1-16-3-4-19-5-10-26-21(20(19)11-16)6-7-23(17(2)12-21)14-18-13-22-24(15-18)8-9-25/h3-4,11,13,15,17,25H,5-10,12,14H2,1-2H3/t17-,21+/m0/s1. The molecule has 140 valence electrons. The molecular formula is C21H29N3O2. The molecule has 0 aliphatic carbocycles. The van der Waals surface area contributed by atoms with Crippen molar-refractivity contribution in [2.45, 2.75) is 57.8 Å². The Bertz CT molecular complexity index is 772. The molecule has 3 heterocycles. The van der Waals surface area contributed by atoms with E-state index in [9.17, 15) is 0 Å². The van der Waals surface area contributed by atoms with Gasteiger partial charge in [0, 0.05) is 30.9 Å². The fraction of sp³-hybridized carbons (Fsp3) is 0.571. The first kappa shape index (κ1) is 17.7. The number of benzene rings is 1. The summed E-state index contributed by atoms with van der Waals surface area (Å²) >= 11 is 0. The summed E-state index contributed by atoms with van der Waals surface area (Å²) in [5, 5.41) is 13.4. The fourth-order valence-electron chi connectivity index (χ4n) is 4.58. The van der Waals surface area contributed by atoms with E-state index in [0.29, 0.717) is 12.6 Å². The number of nitrogens with zero attached hydrogens (tertiary/aromatic N) is 3. The minimum Gasteiger partial charge on any atom is -0.394 e. The minimum atomic E-state index is -0.114. The van der Waals surface area contributed by atoms with Crippen molar-refractivity contribution in [3.8, 4) is 0 Å². The number of likely N-dealkylation sites (tertiary alicyclic amines) is 1. The molecule has 2 aromatic rings. The van der Waals surface area contributed by atoms with Crippen LogP contribution in [-0.2, 0) is 29.8 Å². The summed E-state index contributed by atoms with van der Waals surface area (Å²) in [5.74, 6) is 0. The summed E-state index contributed by atoms with van der Waals surface area (Å²) in [5.41, 5.74) is 5.30. The zero-order chi connectivity index (χ0) is 18.1. The lowest BCUT2D eigenvalue weighted by Crippen LogP contribution is -2.50. The SMILES string of the molecule is Cc1ccc2c(c1)[C@]1(CCN(Cc3cnn(CCO)c3)[C@@H](C)C1)OCC2. The van der Waals surface area contributed by atoms with E-state index in [1.54, 1.807) is 0 Å². The number of ether oxygens (including phenoxy) is 1. The van der Waals surface area contributed by atoms with Crippen LogP contribution in [-0.4, -0.2) is 45.6 Å². The third-order valence-electron chi connectivity index (χ3n) is 5.96. The molecule has 1 N–H and O–H groups in total. The zero-order valence-corrected chi connectivity index (χ0v) is 15.8. The molecule has 0 saturated carbocycles. The van der Waals surface area contributed by atoms with Gasteiger partial charge in [-0.05, 0) is 44.2 Å². The average molecular weight is 355 g/mol. The molecule has 0 bridgehead atoms. The summed E-state index contributed by atoms with van der Waals surface area (Å²) in [4.78, 5) is 2.53. The molecule has 1 aromatic heterocycles. The van der Waals surface area contributed by atoms with Crippen LogP contribution in [0.1, 0.15) is 42.0 Å². The number of aliphatic hydroxyl groups is 1. The highest BCUT2D eigenvalue weighted by Gasteiger charge is 2.43. The maximum atomic E-state index is 9.05. The highest BCUT2D eigenvalue weighted by atomic mass is 16.5. The van der Waals surface area contributed by atoms with Gasteiger partial charge >= 0.3 is 0 Å². The summed E-state index contributed by atoms with van der Waals surface area (Å²) in [6, 6.07) is 7.31. The highest BCUT2D eigenvalue weighted by Crippen LogP contribution is 2.44. The van der Waals surface area contributed by atoms with Crippen LogP contribution in [0.4, 0.5) is 0 Å². The van der Waals surface area contributed by atoms with Gasteiger partial charge in [-0.3, -0.25) is 9.58 Å². The number of piperidine rings is 1. The number of aliphatic hydroxyl groups excluding tert-OH is 1. The zero-order valence-electron chi connectivity index (χ0n) is 15.8. The van der Waals surface area contributed by atoms with Crippen molar-refractivity contribution in [3.05, 3.63) is 52.8 Å². The molecule has 2 aliphatic rings. The van der Waals surface area contributed by atoms with Crippen molar-refractivity contribution in [1.29, 1.82) is 0 Å². The Labute approximate surface area is 155 Å². The Kier molecular flexibility index (Phi) is 4.86. The van der Waals surface area contributed by atoms with Gasteiger partial charge < -0.3 is 9.84 Å². The van der Waals surface area contributed by atoms with Crippen LogP contribution in [0.5, 0.6) is 0 Å². The second kappa shape index (κ2) is 7.14. The first-order valence-corrected chi connectivity index (χ1v) is 9.70. The molecule has 1 fully saturated rings. The molecule has 0 amide bonds. The van der Waals surface area contributed by atoms with Crippen molar-refractivity contribution in [1.82, 2.24) is 14.7 Å². The number of rotatable bonds is 4. The Hall–Kier alpha value is -1.69. The van der Waals surface area contributed by atoms with Gasteiger partial charge in [-0.25, -0.2) is 0 Å². The molecule has 2 aliphatic heterocycles. The van der Waals surface area contributed by atoms with Gasteiger partial charge in [0.2, 0.25) is 0 Å². The van der Waals surface area contributed by atoms with E-state index in [-0.39, 0.29) is 12.2 Å². The summed E-state index contributed by atoms with van der Waals surface area (Å²) in [6.45, 7) is 7.93. The number of hydrogen-bond donors (Lipinski definition) is 1. The smallest absolute Gasteiger partial charge is 0.0961 e. The molecule has 2 atom stereocenters. The van der Waals surface area contributed by atoms with Crippen molar-refractivity contribution < 1.29 is 9.84 Å². The molecule has 5 nitrogen and oxygen atoms in total. The predicted octanol–water partition coefficient (Wildman–Crippen LogP) is 2.64. The second-order valence-electron chi connectivity index (χ2n) is 7.86. The highest BCUT2D eigenvalue weighted by molar-refractivity contribution is 5.38. The second-order valence-corrected chi connectivity index (χ2v) is 7.86. The van der Waals surface area contributed by atoms with E-state index >= 15 is 0 Å². The van der Waals surface area contributed by atoms with Crippen molar-refractivity contribution >= 4 is 0 Å². The van der Waals surface area contributed by atoms with Gasteiger partial charge in [0.15, 0.2) is 0 Å². The van der Waals surface area contributed by atoms with Crippen LogP contribution in [0.2, 0.25) is 0 Å². The van der Waals surface area contributed by atoms with Crippen molar-refractivity contribution in [2.24, 2.45) is 0 Å². The van der Waals surface area contributed by atoms with Gasteiger partial charge in [0.25, 0.3) is 0 Å². The third kappa shape index (κ3) is 3.31. The molecule has 0 radical (unpaired) electrons. The fourth-order valence-corrected chi connectivity index (χ4v) is 4.58. The Morgan fingerprint density at radius 2 is 2.27 bits per heavy atom. The van der Waals surface area contributed by atoms with Crippen molar-refractivity contribution in [2.75, 3.05) is 19.8 Å². The summed E-state index contributed by atoms with van der Waals surface area (Å²) in [7, 11) is 0. The quantitative estimate of drug-likeness (QED) is 0.916. The summed E-state index contributed by atoms with van der Waals surface area (Å²) < 4.78 is 8.24. The maximum absolute atomic E-state index is 9.05. The van der Waals surface area contributed by atoms with Gasteiger partial charge in [0.05, 0.1) is 31.6 Å². The molecule has 1 aromatic carbocycles. The topological polar surface area (TPSA) is 50.5 Å². The first-order chi connectivity index (χ1) is 12.6. The Morgan fingerprint density at radius 1 is 1.38 bits per heavy atom. The molecule has 26 heavy (non-hydrogen) atoms. The van der Waals surface area contributed by atoms with E-state index in [0.717, 1.165) is 39.0 Å². The number of fused-ring (bicyclic) bond motifs is 2. The van der Waals surface area contributed by atoms with Crippen LogP contribution in [0.3, 0.4) is 0 Å². The van der Waals surface area contributed by atoms with E-state index in [1.165, 1.54) is 22.3 Å². The number of aromatic nitrogens is 2. The molecule has 5 heteroatoms. The predicted molar refractivity (Wildman–Crippen MR) is 101 cm³/mol. The van der Waals surface area contributed by atoms with Crippen LogP contribution >= 0.6 is 0 Å². The Balaban J connectivity index is 1.49. The normalized spacial score (nSPS) is 26.2. The molecule has 1 spiro atoms. The lowest BCUT2D eigenvalue weighted by Gasteiger charge is -2.48. The van der Waals surface area contributed by atoms with E-state index < -0.39 is 0 Å². The van der Waals surface area contributed by atoms with Crippen molar-refractivity contribution in [3.63, 3.8) is 0 Å². The van der Waals surface area contributed by atoms with Crippen LogP contribution in [0.25, 0.3) is 0 Å². The number of hydrogen-bond acceptors (Lipinski definition) is 4. The van der Waals surface area contributed by atoms with Crippen LogP contribution in [0, 0.1) is 6.92 Å². The van der Waals surface area contributed by atoms with Crippen LogP contribution in [0.15, 0.2) is 30.6 Å². The van der Waals surface area contributed by atoms with Crippen LogP contribution < -0.4 is 0 Å². The van der Waals surface area contributed by atoms with Gasteiger partial charge in [-0.1, -0.05) is 23.8 Å². The maximum Gasteiger partial charge on any atom is 0.0961 e. The van der Waals surface area contributed by atoms with E-state index in [2.05, 4.69) is 42.0 Å². The molecule has 1 saturated heterocycles. The third-order valence-corrected chi connectivity index (χ3v) is 5.96. The summed E-state index contributed by atoms with van der Waals surface area (Å²) in [6.07, 6.45) is 7.07. The monoisotopic (exact) mass is 355 g/mol. The molecule has 4 rings (SSSR count). The minimum absolute atomic E-state index is 0.114. The van der Waals surface area contributed by atoms with Gasteiger partial charge in [-0.15, -0.1) is 0 Å². The van der Waals surface area contributed by atoms with Gasteiger partial charge in [-0.2, -0.15) is 5.10 Å². The van der Waals surface area contributed by atoms with E-state index in [4.69, 9.17) is 9.84 Å². The number of aryl methyl sites for hydroxylation is 1. The Morgan fingerprint density at radius 3 is 3.08 bits per heavy atom. The first-order valence-electron chi connectivity index (χ1n) is 9.70. The molecular weight excluding hydrogens is 326 g/mol. The lowest BCUT2D eigenvalue weighted by atomic mass is 9.76.